The van der Waals surface area contributed by atoms with E-state index in [4.69, 9.17) is 4.74 Å². The summed E-state index contributed by atoms with van der Waals surface area (Å²) in [5.74, 6) is 1.72. The van der Waals surface area contributed by atoms with Gasteiger partial charge in [-0.25, -0.2) is 23.4 Å². The summed E-state index contributed by atoms with van der Waals surface area (Å²) in [6.07, 6.45) is 2.82. The second-order valence-electron chi connectivity index (χ2n) is 5.92. The van der Waals surface area contributed by atoms with Gasteiger partial charge < -0.3 is 10.1 Å². The number of thiazole rings is 1. The number of nitrogens with zero attached hydrogens (tertiary/aromatic N) is 3. The highest BCUT2D eigenvalue weighted by Crippen LogP contribution is 2.31. The van der Waals surface area contributed by atoms with E-state index in [-0.39, 0.29) is 9.10 Å². The zero-order valence-corrected chi connectivity index (χ0v) is 17.3. The maximum Gasteiger partial charge on any atom is 0.217 e. The average molecular weight is 418 g/mol. The van der Waals surface area contributed by atoms with E-state index in [0.717, 1.165) is 29.9 Å². The van der Waals surface area contributed by atoms with Gasteiger partial charge in [0.2, 0.25) is 9.84 Å². The molecule has 2 heterocycles. The van der Waals surface area contributed by atoms with Gasteiger partial charge in [0.25, 0.3) is 0 Å². The minimum atomic E-state index is -3.68. The van der Waals surface area contributed by atoms with E-state index < -0.39 is 9.84 Å². The first-order valence-electron chi connectivity index (χ1n) is 8.77. The minimum absolute atomic E-state index is 0.146. The second kappa shape index (κ2) is 8.66. The van der Waals surface area contributed by atoms with Crippen LogP contribution in [0.2, 0.25) is 0 Å². The number of ether oxygens (including phenoxy) is 1. The Morgan fingerprint density at radius 2 is 2.07 bits per heavy atom. The van der Waals surface area contributed by atoms with Gasteiger partial charge in [-0.1, -0.05) is 24.3 Å². The van der Waals surface area contributed by atoms with E-state index in [1.807, 2.05) is 13.0 Å². The monoisotopic (exact) mass is 417 g/mol. The summed E-state index contributed by atoms with van der Waals surface area (Å²) >= 11 is 1.05. The second-order valence-corrected chi connectivity index (χ2v) is 9.12. The van der Waals surface area contributed by atoms with Gasteiger partial charge in [-0.3, -0.25) is 0 Å². The van der Waals surface area contributed by atoms with Gasteiger partial charge in [-0.15, -0.1) is 0 Å². The smallest absolute Gasteiger partial charge is 0.217 e. The fourth-order valence-corrected chi connectivity index (χ4v) is 5.04. The van der Waals surface area contributed by atoms with Crippen LogP contribution in [0.15, 0.2) is 45.6 Å². The van der Waals surface area contributed by atoms with Crippen LogP contribution >= 0.6 is 11.3 Å². The van der Waals surface area contributed by atoms with Crippen LogP contribution in [0, 0.1) is 13.8 Å². The molecule has 28 heavy (non-hydrogen) atoms. The number of anilines is 2. The third-order valence-corrected chi connectivity index (χ3v) is 6.86. The molecular weight excluding hydrogens is 396 g/mol. The van der Waals surface area contributed by atoms with Gasteiger partial charge >= 0.3 is 0 Å². The molecule has 0 aliphatic carbocycles. The van der Waals surface area contributed by atoms with Crippen molar-refractivity contribution < 1.29 is 13.2 Å². The van der Waals surface area contributed by atoms with E-state index in [1.54, 1.807) is 25.1 Å². The molecule has 0 fully saturated rings. The molecule has 147 valence electrons. The number of rotatable bonds is 8. The van der Waals surface area contributed by atoms with E-state index in [2.05, 4.69) is 27.2 Å². The molecule has 1 N–H and O–H groups in total. The number of sulfone groups is 1. The Labute approximate surface area is 168 Å². The van der Waals surface area contributed by atoms with Crippen molar-refractivity contribution in [3.8, 4) is 5.75 Å². The van der Waals surface area contributed by atoms with E-state index in [1.165, 1.54) is 12.3 Å². The van der Waals surface area contributed by atoms with E-state index in [0.29, 0.717) is 29.1 Å². The van der Waals surface area contributed by atoms with Crippen molar-refractivity contribution in [3.05, 3.63) is 55.0 Å². The van der Waals surface area contributed by atoms with Gasteiger partial charge in [0.05, 0.1) is 17.7 Å². The van der Waals surface area contributed by atoms with Crippen molar-refractivity contribution in [1.82, 2.24) is 15.0 Å². The van der Waals surface area contributed by atoms with Crippen molar-refractivity contribution in [2.45, 2.75) is 35.8 Å². The number of benzene rings is 1. The zero-order valence-electron chi connectivity index (χ0n) is 15.7. The number of hydrogen-bond acceptors (Lipinski definition) is 8. The third-order valence-electron chi connectivity index (χ3n) is 3.74. The van der Waals surface area contributed by atoms with Gasteiger partial charge in [-0.2, -0.15) is 0 Å². The molecule has 0 aliphatic rings. The van der Waals surface area contributed by atoms with Crippen LogP contribution in [0.4, 0.5) is 10.9 Å². The lowest BCUT2D eigenvalue weighted by Gasteiger charge is -2.06. The number of aryl methyl sites for hydroxylation is 2. The summed E-state index contributed by atoms with van der Waals surface area (Å²) in [7, 11) is -3.68. The van der Waals surface area contributed by atoms with Crippen molar-refractivity contribution in [2.75, 3.05) is 11.9 Å². The maximum atomic E-state index is 12.9. The molecule has 0 aliphatic heterocycles. The first kappa shape index (κ1) is 20.2. The normalized spacial score (nSPS) is 11.4. The van der Waals surface area contributed by atoms with Crippen LogP contribution < -0.4 is 10.1 Å². The standard InChI is InChI=1S/C19H21N4O3S2/c1-4-7-14-10-17(22-13(3)21-14)23-19-20-12-18(27-19)28(24,25)16-9-6-8-15(11-16)26-5-2/h6,8-12H,1,4-5,7H2,2-3H3,(H,20,21,22,23). The van der Waals surface area contributed by atoms with E-state index in [9.17, 15) is 8.42 Å². The Kier molecular flexibility index (Phi) is 6.25. The molecule has 0 bridgehead atoms. The van der Waals surface area contributed by atoms with E-state index >= 15 is 0 Å². The largest absolute Gasteiger partial charge is 0.494 e. The van der Waals surface area contributed by atoms with Gasteiger partial charge in [0, 0.05) is 11.8 Å². The molecule has 3 rings (SSSR count). The maximum absolute atomic E-state index is 12.9. The Hall–Kier alpha value is -2.52. The summed E-state index contributed by atoms with van der Waals surface area (Å²) in [5.41, 5.74) is 0.877. The molecule has 7 nitrogen and oxygen atoms in total. The fraction of sp³-hybridized carbons (Fsp3) is 0.263. The summed E-state index contributed by atoms with van der Waals surface area (Å²) in [5, 5.41) is 3.51. The molecule has 0 amide bonds. The summed E-state index contributed by atoms with van der Waals surface area (Å²) in [4.78, 5) is 13.1. The van der Waals surface area contributed by atoms with Crippen LogP contribution in [-0.2, 0) is 16.3 Å². The van der Waals surface area contributed by atoms with Crippen LogP contribution in [-0.4, -0.2) is 30.0 Å². The Morgan fingerprint density at radius 3 is 2.82 bits per heavy atom. The highest BCUT2D eigenvalue weighted by atomic mass is 32.2. The summed E-state index contributed by atoms with van der Waals surface area (Å²) in [6, 6.07) is 8.27. The zero-order chi connectivity index (χ0) is 20.1. The van der Waals surface area contributed by atoms with Crippen LogP contribution in [0.25, 0.3) is 0 Å². The molecule has 0 saturated heterocycles. The highest BCUT2D eigenvalue weighted by Gasteiger charge is 2.22. The Bertz CT molecular complexity index is 1060. The highest BCUT2D eigenvalue weighted by molar-refractivity contribution is 7.93. The predicted molar refractivity (Wildman–Crippen MR) is 109 cm³/mol. The Morgan fingerprint density at radius 1 is 1.25 bits per heavy atom. The molecule has 0 spiro atoms. The lowest BCUT2D eigenvalue weighted by molar-refractivity contribution is 0.339. The van der Waals surface area contributed by atoms with Gasteiger partial charge in [0.1, 0.15) is 21.6 Å². The number of aromatic nitrogens is 3. The average Bonchev–Trinajstić information content (AvgIpc) is 3.11. The molecule has 1 radical (unpaired) electrons. The lowest BCUT2D eigenvalue weighted by Crippen LogP contribution is -2.01. The van der Waals surface area contributed by atoms with Crippen molar-refractivity contribution in [1.29, 1.82) is 0 Å². The molecule has 9 heteroatoms. The van der Waals surface area contributed by atoms with Gasteiger partial charge in [0.15, 0.2) is 5.13 Å². The van der Waals surface area contributed by atoms with Crippen molar-refractivity contribution in [2.24, 2.45) is 0 Å². The minimum Gasteiger partial charge on any atom is -0.494 e. The SMILES string of the molecule is [CH2]CCc1cc(Nc2ncc(S(=O)(=O)c3cccc(OCC)c3)s2)nc(C)n1. The molecular formula is C19H21N4O3S2. The third kappa shape index (κ3) is 4.66. The topological polar surface area (TPSA) is 94.1 Å². The molecule has 3 aromatic rings. The van der Waals surface area contributed by atoms with Crippen LogP contribution in [0.1, 0.15) is 24.9 Å². The van der Waals surface area contributed by atoms with Crippen molar-refractivity contribution in [3.63, 3.8) is 0 Å². The van der Waals surface area contributed by atoms with Crippen LogP contribution in [0.5, 0.6) is 5.75 Å². The first-order chi connectivity index (χ1) is 13.4. The fourth-order valence-electron chi connectivity index (χ4n) is 2.57. The molecule has 1 aromatic carbocycles. The quantitative estimate of drug-likeness (QED) is 0.592. The molecule has 0 saturated carbocycles. The molecule has 0 unspecified atom stereocenters. The molecule has 2 aromatic heterocycles. The first-order valence-corrected chi connectivity index (χ1v) is 11.1. The Balaban J connectivity index is 1.84. The number of nitrogens with one attached hydrogen (secondary N) is 1. The lowest BCUT2D eigenvalue weighted by atomic mass is 10.2. The predicted octanol–water partition coefficient (Wildman–Crippen LogP) is 3.98. The van der Waals surface area contributed by atoms with Crippen molar-refractivity contribution >= 4 is 32.1 Å². The van der Waals surface area contributed by atoms with Crippen LogP contribution in [0.3, 0.4) is 0 Å². The van der Waals surface area contributed by atoms with Gasteiger partial charge in [-0.05, 0) is 44.9 Å². The summed E-state index contributed by atoms with van der Waals surface area (Å²) in [6.45, 7) is 7.95. The number of hydrogen-bond donors (Lipinski definition) is 1. The summed E-state index contributed by atoms with van der Waals surface area (Å²) < 4.78 is 31.4. The molecule has 0 atom stereocenters.